The van der Waals surface area contributed by atoms with Crippen LogP contribution in [-0.2, 0) is 17.6 Å². The number of hydrogen-bond donors (Lipinski definition) is 2. The summed E-state index contributed by atoms with van der Waals surface area (Å²) in [5.74, 6) is 2.86. The summed E-state index contributed by atoms with van der Waals surface area (Å²) in [5, 5.41) is 3.20. The smallest absolute Gasteiger partial charge is 0.269 e. The Hall–Kier alpha value is -2.87. The molecule has 0 radical (unpaired) electrons. The standard InChI is InChI=1S/C25H33N3O2/c1-6-9-13-21-18(5)26-22(25(30)27-21)14-15-23(29)28-24(19(7-2)8-3)20-12-10-11-17(4)16-20/h1,10-12,16,19,24H,7-9,13-15H2,2-5H3,(H,27,30)(H,28,29). The number of benzene rings is 1. The second-order valence-corrected chi connectivity index (χ2v) is 7.82. The Bertz CT molecular complexity index is 952. The van der Waals surface area contributed by atoms with E-state index in [2.05, 4.69) is 60.2 Å². The molecule has 1 heterocycles. The van der Waals surface area contributed by atoms with Crippen LogP contribution < -0.4 is 10.9 Å². The van der Waals surface area contributed by atoms with E-state index in [1.165, 1.54) is 5.56 Å². The third-order valence-corrected chi connectivity index (χ3v) is 5.61. The molecular formula is C25H33N3O2. The molecule has 1 aromatic heterocycles. The second-order valence-electron chi connectivity index (χ2n) is 7.82. The maximum atomic E-state index is 12.8. The van der Waals surface area contributed by atoms with Crippen molar-refractivity contribution in [2.45, 2.75) is 72.3 Å². The van der Waals surface area contributed by atoms with E-state index in [4.69, 9.17) is 6.42 Å². The Balaban J connectivity index is 2.10. The molecule has 0 bridgehead atoms. The number of aromatic amines is 1. The maximum absolute atomic E-state index is 12.8. The number of nitrogens with one attached hydrogen (secondary N) is 2. The van der Waals surface area contributed by atoms with E-state index in [0.717, 1.165) is 29.8 Å². The highest BCUT2D eigenvalue weighted by Gasteiger charge is 2.22. The van der Waals surface area contributed by atoms with Crippen molar-refractivity contribution in [2.75, 3.05) is 0 Å². The van der Waals surface area contributed by atoms with Gasteiger partial charge in [-0.2, -0.15) is 0 Å². The lowest BCUT2D eigenvalue weighted by molar-refractivity contribution is -0.122. The normalized spacial score (nSPS) is 11.9. The molecule has 1 unspecified atom stereocenters. The third-order valence-electron chi connectivity index (χ3n) is 5.61. The van der Waals surface area contributed by atoms with E-state index >= 15 is 0 Å². The van der Waals surface area contributed by atoms with Crippen molar-refractivity contribution in [3.8, 4) is 12.3 Å². The van der Waals surface area contributed by atoms with Crippen molar-refractivity contribution in [3.63, 3.8) is 0 Å². The molecular weight excluding hydrogens is 374 g/mol. The molecule has 0 saturated carbocycles. The maximum Gasteiger partial charge on any atom is 0.269 e. The first-order valence-electron chi connectivity index (χ1n) is 10.8. The number of rotatable bonds is 10. The summed E-state index contributed by atoms with van der Waals surface area (Å²) in [6, 6.07) is 8.25. The van der Waals surface area contributed by atoms with Crippen LogP contribution in [-0.4, -0.2) is 15.9 Å². The van der Waals surface area contributed by atoms with Crippen LogP contribution in [0.4, 0.5) is 0 Å². The van der Waals surface area contributed by atoms with E-state index < -0.39 is 0 Å². The van der Waals surface area contributed by atoms with Crippen LogP contribution in [0.25, 0.3) is 0 Å². The Morgan fingerprint density at radius 3 is 2.60 bits per heavy atom. The summed E-state index contributed by atoms with van der Waals surface area (Å²) in [4.78, 5) is 32.4. The molecule has 5 heteroatoms. The van der Waals surface area contributed by atoms with Gasteiger partial charge in [0.15, 0.2) is 0 Å². The number of nitrogens with zero attached hydrogens (tertiary/aromatic N) is 1. The van der Waals surface area contributed by atoms with Crippen molar-refractivity contribution in [1.29, 1.82) is 0 Å². The molecule has 0 aliphatic carbocycles. The Kier molecular flexibility index (Phi) is 8.86. The van der Waals surface area contributed by atoms with E-state index in [1.54, 1.807) is 0 Å². The molecule has 1 atom stereocenters. The van der Waals surface area contributed by atoms with Crippen molar-refractivity contribution in [3.05, 3.63) is 62.8 Å². The van der Waals surface area contributed by atoms with Crippen LogP contribution in [0.15, 0.2) is 29.1 Å². The molecule has 0 spiro atoms. The number of hydrogen-bond acceptors (Lipinski definition) is 3. The average molecular weight is 408 g/mol. The molecule has 1 aromatic carbocycles. The summed E-state index contributed by atoms with van der Waals surface area (Å²) in [7, 11) is 0. The van der Waals surface area contributed by atoms with Gasteiger partial charge in [0, 0.05) is 31.4 Å². The Morgan fingerprint density at radius 1 is 1.23 bits per heavy atom. The number of aryl methyl sites for hydroxylation is 4. The highest BCUT2D eigenvalue weighted by Crippen LogP contribution is 2.28. The fourth-order valence-electron chi connectivity index (χ4n) is 3.80. The quantitative estimate of drug-likeness (QED) is 0.580. The lowest BCUT2D eigenvalue weighted by Gasteiger charge is -2.27. The summed E-state index contributed by atoms with van der Waals surface area (Å²) in [6.07, 6.45) is 8.94. The van der Waals surface area contributed by atoms with Gasteiger partial charge in [0.05, 0.1) is 11.7 Å². The van der Waals surface area contributed by atoms with Crippen LogP contribution >= 0.6 is 0 Å². The Labute approximate surface area is 179 Å². The zero-order valence-electron chi connectivity index (χ0n) is 18.5. The van der Waals surface area contributed by atoms with Crippen LogP contribution in [0.1, 0.15) is 73.8 Å². The Morgan fingerprint density at radius 2 is 1.97 bits per heavy atom. The highest BCUT2D eigenvalue weighted by atomic mass is 16.1. The van der Waals surface area contributed by atoms with E-state index in [1.807, 2.05) is 13.0 Å². The van der Waals surface area contributed by atoms with Crippen molar-refractivity contribution in [1.82, 2.24) is 15.3 Å². The predicted molar refractivity (Wildman–Crippen MR) is 121 cm³/mol. The van der Waals surface area contributed by atoms with Gasteiger partial charge in [-0.15, -0.1) is 12.3 Å². The van der Waals surface area contributed by atoms with E-state index in [9.17, 15) is 9.59 Å². The monoisotopic (exact) mass is 407 g/mol. The van der Waals surface area contributed by atoms with Crippen molar-refractivity contribution < 1.29 is 4.79 Å². The van der Waals surface area contributed by atoms with Crippen LogP contribution in [0.2, 0.25) is 0 Å². The lowest BCUT2D eigenvalue weighted by Crippen LogP contribution is -2.34. The van der Waals surface area contributed by atoms with Gasteiger partial charge in [0.2, 0.25) is 5.91 Å². The summed E-state index contributed by atoms with van der Waals surface area (Å²) in [5.41, 5.74) is 3.97. The molecule has 0 saturated heterocycles. The molecule has 30 heavy (non-hydrogen) atoms. The van der Waals surface area contributed by atoms with Gasteiger partial charge >= 0.3 is 0 Å². The largest absolute Gasteiger partial charge is 0.349 e. The molecule has 1 amide bonds. The van der Waals surface area contributed by atoms with Gasteiger partial charge in [-0.1, -0.05) is 56.5 Å². The van der Waals surface area contributed by atoms with Gasteiger partial charge in [0.25, 0.3) is 5.56 Å². The molecule has 0 aliphatic rings. The molecule has 5 nitrogen and oxygen atoms in total. The second kappa shape index (κ2) is 11.3. The highest BCUT2D eigenvalue weighted by molar-refractivity contribution is 5.76. The number of terminal acetylenes is 1. The minimum atomic E-state index is -0.240. The third kappa shape index (κ3) is 6.32. The first kappa shape index (κ1) is 23.4. The summed E-state index contributed by atoms with van der Waals surface area (Å²) >= 11 is 0. The molecule has 2 rings (SSSR count). The average Bonchev–Trinajstić information content (AvgIpc) is 2.73. The number of carbonyl (C=O) groups is 1. The van der Waals surface area contributed by atoms with Gasteiger partial charge in [0.1, 0.15) is 5.69 Å². The molecule has 160 valence electrons. The number of aromatic nitrogens is 2. The van der Waals surface area contributed by atoms with Crippen LogP contribution in [0.3, 0.4) is 0 Å². The fourth-order valence-corrected chi connectivity index (χ4v) is 3.80. The van der Waals surface area contributed by atoms with E-state index in [-0.39, 0.29) is 23.9 Å². The first-order chi connectivity index (χ1) is 14.4. The number of H-pyrrole nitrogens is 1. The van der Waals surface area contributed by atoms with Crippen molar-refractivity contribution >= 4 is 5.91 Å². The summed E-state index contributed by atoms with van der Waals surface area (Å²) < 4.78 is 0. The van der Waals surface area contributed by atoms with Crippen LogP contribution in [0.5, 0.6) is 0 Å². The van der Waals surface area contributed by atoms with Gasteiger partial charge < -0.3 is 10.3 Å². The van der Waals surface area contributed by atoms with E-state index in [0.29, 0.717) is 30.9 Å². The first-order valence-corrected chi connectivity index (χ1v) is 10.8. The predicted octanol–water partition coefficient (Wildman–Crippen LogP) is 4.18. The SMILES string of the molecule is C#CCCc1[nH]c(=O)c(CCC(=O)NC(c2cccc(C)c2)C(CC)CC)nc1C. The number of amides is 1. The van der Waals surface area contributed by atoms with Crippen molar-refractivity contribution in [2.24, 2.45) is 5.92 Å². The zero-order valence-corrected chi connectivity index (χ0v) is 18.5. The minimum Gasteiger partial charge on any atom is -0.349 e. The fraction of sp³-hybridized carbons (Fsp3) is 0.480. The molecule has 2 aromatic rings. The topological polar surface area (TPSA) is 74.8 Å². The number of carbonyl (C=O) groups excluding carboxylic acids is 1. The van der Waals surface area contributed by atoms with Crippen LogP contribution in [0, 0.1) is 32.1 Å². The molecule has 0 fully saturated rings. The molecule has 0 aliphatic heterocycles. The lowest BCUT2D eigenvalue weighted by atomic mass is 9.88. The zero-order chi connectivity index (χ0) is 22.1. The minimum absolute atomic E-state index is 0.0356. The summed E-state index contributed by atoms with van der Waals surface area (Å²) in [6.45, 7) is 8.21. The van der Waals surface area contributed by atoms with Gasteiger partial charge in [-0.05, 0) is 25.3 Å². The van der Waals surface area contributed by atoms with Gasteiger partial charge in [-0.25, -0.2) is 0 Å². The van der Waals surface area contributed by atoms with Gasteiger partial charge in [-0.3, -0.25) is 14.6 Å². The molecule has 2 N–H and O–H groups in total.